The van der Waals surface area contributed by atoms with Crippen molar-refractivity contribution in [2.75, 3.05) is 24.7 Å². The minimum Gasteiger partial charge on any atom is -0.465 e. The Morgan fingerprint density at radius 1 is 1.00 bits per heavy atom. The number of aryl methyl sites for hydroxylation is 1. The zero-order valence-electron chi connectivity index (χ0n) is 16.0. The Morgan fingerprint density at radius 3 is 2.22 bits per heavy atom. The van der Waals surface area contributed by atoms with Gasteiger partial charge in [0.15, 0.2) is 5.92 Å². The summed E-state index contributed by atoms with van der Waals surface area (Å²) in [6, 6.07) is 5.62. The van der Waals surface area contributed by atoms with Crippen LogP contribution in [0.1, 0.15) is 45.1 Å². The first-order chi connectivity index (χ1) is 13.0. The van der Waals surface area contributed by atoms with Gasteiger partial charge in [-0.1, -0.05) is 42.1 Å². The van der Waals surface area contributed by atoms with Gasteiger partial charge in [-0.25, -0.2) is 0 Å². The highest BCUT2D eigenvalue weighted by Crippen LogP contribution is 2.23. The summed E-state index contributed by atoms with van der Waals surface area (Å²) in [6.07, 6.45) is 5.26. The van der Waals surface area contributed by atoms with Crippen molar-refractivity contribution < 1.29 is 19.1 Å². The molecule has 0 aliphatic rings. The number of hydrogen-bond acceptors (Lipinski definition) is 5. The van der Waals surface area contributed by atoms with E-state index in [0.717, 1.165) is 48.4 Å². The summed E-state index contributed by atoms with van der Waals surface area (Å²) in [4.78, 5) is 23.8. The molecule has 0 heterocycles. The van der Waals surface area contributed by atoms with Crippen molar-refractivity contribution in [1.29, 1.82) is 0 Å². The van der Waals surface area contributed by atoms with Gasteiger partial charge in [0.05, 0.1) is 13.2 Å². The second-order valence-electron chi connectivity index (χ2n) is 6.03. The van der Waals surface area contributed by atoms with Crippen LogP contribution in [0.5, 0.6) is 0 Å². The molecule has 0 fully saturated rings. The highest BCUT2D eigenvalue weighted by molar-refractivity contribution is 7.99. The van der Waals surface area contributed by atoms with E-state index < -0.39 is 17.9 Å². The lowest BCUT2D eigenvalue weighted by Crippen LogP contribution is -2.30. The zero-order chi connectivity index (χ0) is 20.1. The number of hydrogen-bond donors (Lipinski definition) is 0. The molecule has 0 spiro atoms. The molecule has 1 aromatic rings. The fourth-order valence-electron chi connectivity index (χ4n) is 2.52. The highest BCUT2D eigenvalue weighted by atomic mass is 35.5. The van der Waals surface area contributed by atoms with Crippen molar-refractivity contribution in [3.8, 4) is 0 Å². The molecule has 0 radical (unpaired) electrons. The van der Waals surface area contributed by atoms with Crippen LogP contribution in [0.25, 0.3) is 0 Å². The molecule has 0 saturated heterocycles. The lowest BCUT2D eigenvalue weighted by molar-refractivity contribution is -0.160. The molecule has 0 amide bonds. The molecule has 152 valence electrons. The Morgan fingerprint density at radius 2 is 1.63 bits per heavy atom. The van der Waals surface area contributed by atoms with Gasteiger partial charge < -0.3 is 9.47 Å². The third-order valence-corrected chi connectivity index (χ3v) is 5.66. The van der Waals surface area contributed by atoms with Gasteiger partial charge >= 0.3 is 11.9 Å². The van der Waals surface area contributed by atoms with Gasteiger partial charge in [0.2, 0.25) is 0 Å². The highest BCUT2D eigenvalue weighted by Gasteiger charge is 2.29. The van der Waals surface area contributed by atoms with Crippen LogP contribution in [0, 0.1) is 5.92 Å². The van der Waals surface area contributed by atoms with Gasteiger partial charge in [-0.2, -0.15) is 11.8 Å². The Bertz CT molecular complexity index is 577. The summed E-state index contributed by atoms with van der Waals surface area (Å²) in [5.74, 6) is -0.525. The molecule has 1 aromatic carbocycles. The average Bonchev–Trinajstić information content (AvgIpc) is 2.62. The summed E-state index contributed by atoms with van der Waals surface area (Å²) in [6.45, 7) is 3.98. The smallest absolute Gasteiger partial charge is 0.321 e. The van der Waals surface area contributed by atoms with E-state index >= 15 is 0 Å². The number of carbonyl (C=O) groups excluding carboxylic acids is 2. The zero-order valence-corrected chi connectivity index (χ0v) is 18.3. The van der Waals surface area contributed by atoms with E-state index in [1.54, 1.807) is 31.7 Å². The number of thioether (sulfide) groups is 1. The van der Waals surface area contributed by atoms with Crippen LogP contribution in [-0.2, 0) is 25.5 Å². The van der Waals surface area contributed by atoms with E-state index in [-0.39, 0.29) is 13.2 Å². The Kier molecular flexibility index (Phi) is 12.6. The summed E-state index contributed by atoms with van der Waals surface area (Å²) in [7, 11) is 0. The van der Waals surface area contributed by atoms with Crippen molar-refractivity contribution in [2.45, 2.75) is 46.0 Å². The van der Waals surface area contributed by atoms with Gasteiger partial charge in [-0.15, -0.1) is 0 Å². The second kappa shape index (κ2) is 14.1. The van der Waals surface area contributed by atoms with Crippen LogP contribution in [-0.4, -0.2) is 36.7 Å². The number of benzene rings is 1. The average molecular weight is 435 g/mol. The standard InChI is InChI=1S/C20H28Cl2O4S/c1-3-25-19(23)17(20(24)26-4-2)14-27-12-8-6-5-7-9-15-10-11-16(21)13-18(15)22/h10-11,13,17H,3-9,12,14H2,1-2H3. The first-order valence-electron chi connectivity index (χ1n) is 9.34. The molecule has 0 unspecified atom stereocenters. The fourth-order valence-corrected chi connectivity index (χ4v) is 4.10. The first kappa shape index (κ1) is 24.1. The molecule has 7 heteroatoms. The monoisotopic (exact) mass is 434 g/mol. The largest absolute Gasteiger partial charge is 0.465 e. The molecule has 0 aliphatic heterocycles. The molecule has 1 rings (SSSR count). The fraction of sp³-hybridized carbons (Fsp3) is 0.600. The maximum Gasteiger partial charge on any atom is 0.321 e. The van der Waals surface area contributed by atoms with Crippen LogP contribution in [0.3, 0.4) is 0 Å². The van der Waals surface area contributed by atoms with Gasteiger partial charge in [-0.3, -0.25) is 9.59 Å². The van der Waals surface area contributed by atoms with Gasteiger partial charge in [-0.05, 0) is 56.6 Å². The van der Waals surface area contributed by atoms with Gasteiger partial charge in [0.1, 0.15) is 0 Å². The molecular formula is C20H28Cl2O4S. The number of unbranched alkanes of at least 4 members (excludes halogenated alkanes) is 3. The van der Waals surface area contributed by atoms with Gasteiger partial charge in [0.25, 0.3) is 0 Å². The number of rotatable bonds is 13. The number of esters is 2. The molecule has 0 saturated carbocycles. The first-order valence-corrected chi connectivity index (χ1v) is 11.3. The predicted molar refractivity (Wildman–Crippen MR) is 113 cm³/mol. The second-order valence-corrected chi connectivity index (χ2v) is 8.03. The minimum atomic E-state index is -0.832. The van der Waals surface area contributed by atoms with Gasteiger partial charge in [0, 0.05) is 15.8 Å². The number of ether oxygens (including phenoxy) is 2. The summed E-state index contributed by atoms with van der Waals surface area (Å²) in [5, 5.41) is 1.38. The Balaban J connectivity index is 2.20. The molecule has 0 N–H and O–H groups in total. The van der Waals surface area contributed by atoms with Crippen molar-refractivity contribution >= 4 is 46.9 Å². The molecule has 4 nitrogen and oxygen atoms in total. The minimum absolute atomic E-state index is 0.261. The molecule has 0 atom stereocenters. The number of carbonyl (C=O) groups is 2. The normalized spacial score (nSPS) is 10.9. The number of halogens is 2. The lowest BCUT2D eigenvalue weighted by Gasteiger charge is -2.13. The Hall–Kier alpha value is -0.910. The third kappa shape index (κ3) is 9.72. The Labute approximate surface area is 176 Å². The van der Waals surface area contributed by atoms with E-state index in [1.165, 1.54) is 0 Å². The van der Waals surface area contributed by atoms with Crippen LogP contribution in [0.2, 0.25) is 10.0 Å². The van der Waals surface area contributed by atoms with E-state index in [9.17, 15) is 9.59 Å². The van der Waals surface area contributed by atoms with Crippen LogP contribution in [0.15, 0.2) is 18.2 Å². The topological polar surface area (TPSA) is 52.6 Å². The maximum absolute atomic E-state index is 11.9. The molecule has 0 aromatic heterocycles. The van der Waals surface area contributed by atoms with E-state index in [4.69, 9.17) is 32.7 Å². The third-order valence-electron chi connectivity index (χ3n) is 3.93. The van der Waals surface area contributed by atoms with E-state index in [1.807, 2.05) is 12.1 Å². The molecule has 27 heavy (non-hydrogen) atoms. The molecule has 0 aliphatic carbocycles. The van der Waals surface area contributed by atoms with E-state index in [0.29, 0.717) is 10.8 Å². The van der Waals surface area contributed by atoms with Crippen molar-refractivity contribution in [2.24, 2.45) is 5.92 Å². The lowest BCUT2D eigenvalue weighted by atomic mass is 10.1. The molecule has 0 bridgehead atoms. The van der Waals surface area contributed by atoms with Crippen LogP contribution < -0.4 is 0 Å². The van der Waals surface area contributed by atoms with Crippen LogP contribution in [0.4, 0.5) is 0 Å². The van der Waals surface area contributed by atoms with Crippen molar-refractivity contribution in [1.82, 2.24) is 0 Å². The quantitative estimate of drug-likeness (QED) is 0.230. The predicted octanol–water partition coefficient (Wildman–Crippen LogP) is 5.57. The molecular weight excluding hydrogens is 407 g/mol. The summed E-state index contributed by atoms with van der Waals surface area (Å²) >= 11 is 13.7. The van der Waals surface area contributed by atoms with Crippen LogP contribution >= 0.6 is 35.0 Å². The summed E-state index contributed by atoms with van der Waals surface area (Å²) in [5.41, 5.74) is 1.13. The van der Waals surface area contributed by atoms with E-state index in [2.05, 4.69) is 0 Å². The van der Waals surface area contributed by atoms with Crippen molar-refractivity contribution in [3.05, 3.63) is 33.8 Å². The summed E-state index contributed by atoms with van der Waals surface area (Å²) < 4.78 is 9.94. The van der Waals surface area contributed by atoms with Crippen molar-refractivity contribution in [3.63, 3.8) is 0 Å². The SMILES string of the molecule is CCOC(=O)C(CSCCCCCCc1ccc(Cl)cc1Cl)C(=O)OCC. The maximum atomic E-state index is 11.9.